The quantitative estimate of drug-likeness (QED) is 0.382. The van der Waals surface area contributed by atoms with Gasteiger partial charge in [0, 0.05) is 30.7 Å². The van der Waals surface area contributed by atoms with Gasteiger partial charge in [-0.2, -0.15) is 4.31 Å². The molecule has 3 aromatic rings. The van der Waals surface area contributed by atoms with E-state index in [1.807, 2.05) is 12.1 Å². The van der Waals surface area contributed by atoms with E-state index in [1.165, 1.54) is 28.6 Å². The van der Waals surface area contributed by atoms with Crippen molar-refractivity contribution in [2.45, 2.75) is 18.7 Å². The van der Waals surface area contributed by atoms with Crippen LogP contribution < -0.4 is 5.32 Å². The minimum Gasteiger partial charge on any atom is -0.452 e. The van der Waals surface area contributed by atoms with E-state index in [9.17, 15) is 18.0 Å². The Labute approximate surface area is 192 Å². The lowest BCUT2D eigenvalue weighted by molar-refractivity contribution is -0.142. The lowest BCUT2D eigenvalue weighted by Crippen LogP contribution is -2.30. The maximum Gasteiger partial charge on any atom is 0.331 e. The van der Waals surface area contributed by atoms with Gasteiger partial charge in [0.05, 0.1) is 16.1 Å². The number of carbonyl (C=O) groups excluding carboxylic acids is 2. The molecule has 0 unspecified atom stereocenters. The fourth-order valence-corrected chi connectivity index (χ4v) is 4.67. The first kappa shape index (κ1) is 24.1. The van der Waals surface area contributed by atoms with Gasteiger partial charge in [0.2, 0.25) is 10.0 Å². The van der Waals surface area contributed by atoms with E-state index in [0.717, 1.165) is 10.9 Å². The number of sulfonamides is 1. The summed E-state index contributed by atoms with van der Waals surface area (Å²) in [6, 6.07) is 15.1. The monoisotopic (exact) mass is 467 g/mol. The molecule has 0 spiro atoms. The third-order valence-corrected chi connectivity index (χ3v) is 6.96. The predicted octanol–water partition coefficient (Wildman–Crippen LogP) is 3.46. The topological polar surface area (TPSA) is 106 Å². The zero-order valence-corrected chi connectivity index (χ0v) is 19.2. The van der Waals surface area contributed by atoms with Crippen LogP contribution >= 0.6 is 0 Å². The highest BCUT2D eigenvalue weighted by atomic mass is 32.2. The van der Waals surface area contributed by atoms with Crippen LogP contribution in [-0.2, 0) is 24.3 Å². The van der Waals surface area contributed by atoms with Crippen LogP contribution in [0.4, 0.5) is 5.69 Å². The number of nitrogens with one attached hydrogen (secondary N) is 1. The number of anilines is 1. The Morgan fingerprint density at radius 3 is 2.45 bits per heavy atom. The molecule has 0 radical (unpaired) electrons. The SMILES string of the molecule is CCN(CC)S(=O)(=O)c1ccc(/C=C/C(=O)OCC(=O)Nc2cccc3ncccc23)cc1. The number of hydrogen-bond acceptors (Lipinski definition) is 6. The Morgan fingerprint density at radius 1 is 1.03 bits per heavy atom. The number of esters is 1. The van der Waals surface area contributed by atoms with Gasteiger partial charge < -0.3 is 10.1 Å². The molecule has 1 aromatic heterocycles. The van der Waals surface area contributed by atoms with Gasteiger partial charge in [-0.05, 0) is 48.0 Å². The molecule has 0 saturated carbocycles. The second kappa shape index (κ2) is 10.8. The number of rotatable bonds is 9. The largest absolute Gasteiger partial charge is 0.452 e. The van der Waals surface area contributed by atoms with Gasteiger partial charge in [-0.15, -0.1) is 0 Å². The van der Waals surface area contributed by atoms with Crippen molar-refractivity contribution in [3.8, 4) is 0 Å². The highest BCUT2D eigenvalue weighted by molar-refractivity contribution is 7.89. The van der Waals surface area contributed by atoms with Crippen LogP contribution in [0.15, 0.2) is 71.8 Å². The molecule has 0 aliphatic heterocycles. The highest BCUT2D eigenvalue weighted by Crippen LogP contribution is 2.21. The molecule has 8 nitrogen and oxygen atoms in total. The van der Waals surface area contributed by atoms with Crippen molar-refractivity contribution in [2.24, 2.45) is 0 Å². The Morgan fingerprint density at radius 2 is 1.76 bits per heavy atom. The number of carbonyl (C=O) groups is 2. The Balaban J connectivity index is 1.55. The van der Waals surface area contributed by atoms with Crippen molar-refractivity contribution in [1.82, 2.24) is 9.29 Å². The van der Waals surface area contributed by atoms with Gasteiger partial charge in [-0.3, -0.25) is 9.78 Å². The summed E-state index contributed by atoms with van der Waals surface area (Å²) in [6.45, 7) is 3.89. The molecule has 0 bridgehead atoms. The summed E-state index contributed by atoms with van der Waals surface area (Å²) in [5.41, 5.74) is 1.95. The van der Waals surface area contributed by atoms with Gasteiger partial charge in [0.1, 0.15) is 0 Å². The van der Waals surface area contributed by atoms with Gasteiger partial charge in [-0.25, -0.2) is 13.2 Å². The molecule has 1 heterocycles. The lowest BCUT2D eigenvalue weighted by atomic mass is 10.2. The average molecular weight is 468 g/mol. The lowest BCUT2D eigenvalue weighted by Gasteiger charge is -2.18. The molecule has 0 aliphatic carbocycles. The van der Waals surface area contributed by atoms with Gasteiger partial charge in [0.25, 0.3) is 5.91 Å². The molecule has 1 amide bonds. The van der Waals surface area contributed by atoms with E-state index in [2.05, 4.69) is 10.3 Å². The second-order valence-electron chi connectivity index (χ2n) is 7.02. The molecule has 0 aliphatic rings. The summed E-state index contributed by atoms with van der Waals surface area (Å²) in [4.78, 5) is 28.6. The predicted molar refractivity (Wildman–Crippen MR) is 127 cm³/mol. The minimum atomic E-state index is -3.54. The summed E-state index contributed by atoms with van der Waals surface area (Å²) in [6.07, 6.45) is 4.34. The van der Waals surface area contributed by atoms with Crippen molar-refractivity contribution < 1.29 is 22.7 Å². The first-order valence-corrected chi connectivity index (χ1v) is 11.9. The summed E-state index contributed by atoms with van der Waals surface area (Å²) in [7, 11) is -3.54. The Hall–Kier alpha value is -3.56. The summed E-state index contributed by atoms with van der Waals surface area (Å²) < 4.78 is 31.4. The summed E-state index contributed by atoms with van der Waals surface area (Å²) in [5.74, 6) is -1.16. The third-order valence-electron chi connectivity index (χ3n) is 4.90. The van der Waals surface area contributed by atoms with E-state index in [0.29, 0.717) is 24.3 Å². The number of nitrogens with zero attached hydrogens (tertiary/aromatic N) is 2. The van der Waals surface area contributed by atoms with Gasteiger partial charge >= 0.3 is 5.97 Å². The van der Waals surface area contributed by atoms with Gasteiger partial charge in [0.15, 0.2) is 6.61 Å². The smallest absolute Gasteiger partial charge is 0.331 e. The molecule has 33 heavy (non-hydrogen) atoms. The molecular weight excluding hydrogens is 442 g/mol. The van der Waals surface area contributed by atoms with Crippen molar-refractivity contribution in [2.75, 3.05) is 25.0 Å². The van der Waals surface area contributed by atoms with Crippen LogP contribution in [0.3, 0.4) is 0 Å². The minimum absolute atomic E-state index is 0.186. The first-order chi connectivity index (χ1) is 15.8. The van der Waals surface area contributed by atoms with Crippen LogP contribution in [0.25, 0.3) is 17.0 Å². The second-order valence-corrected chi connectivity index (χ2v) is 8.96. The van der Waals surface area contributed by atoms with E-state index in [-0.39, 0.29) is 4.90 Å². The third kappa shape index (κ3) is 6.03. The van der Waals surface area contributed by atoms with E-state index in [1.54, 1.807) is 50.4 Å². The fraction of sp³-hybridized carbons (Fsp3) is 0.208. The molecular formula is C24H25N3O5S. The first-order valence-electron chi connectivity index (χ1n) is 10.4. The number of ether oxygens (including phenoxy) is 1. The average Bonchev–Trinajstić information content (AvgIpc) is 2.82. The molecule has 9 heteroatoms. The summed E-state index contributed by atoms with van der Waals surface area (Å²) in [5, 5.41) is 3.50. The zero-order chi connectivity index (χ0) is 23.8. The summed E-state index contributed by atoms with van der Waals surface area (Å²) >= 11 is 0. The zero-order valence-electron chi connectivity index (χ0n) is 18.4. The Kier molecular flexibility index (Phi) is 7.92. The van der Waals surface area contributed by atoms with Crippen LogP contribution in [-0.4, -0.2) is 49.3 Å². The molecule has 0 saturated heterocycles. The number of amides is 1. The van der Waals surface area contributed by atoms with E-state index < -0.39 is 28.5 Å². The van der Waals surface area contributed by atoms with E-state index in [4.69, 9.17) is 4.74 Å². The van der Waals surface area contributed by atoms with Crippen molar-refractivity contribution in [3.05, 3.63) is 72.4 Å². The number of fused-ring (bicyclic) bond motifs is 1. The van der Waals surface area contributed by atoms with Gasteiger partial charge in [-0.1, -0.05) is 32.0 Å². The maximum atomic E-state index is 12.5. The standard InChI is InChI=1S/C24H25N3O5S/c1-3-27(4-2)33(30,31)19-13-10-18(11-14-19)12-15-24(29)32-17-23(28)26-22-9-5-8-21-20(22)7-6-16-25-21/h5-16H,3-4,17H2,1-2H3,(H,26,28)/b15-12+. The Bertz CT molecular complexity index is 1260. The van der Waals surface area contributed by atoms with Crippen LogP contribution in [0.2, 0.25) is 0 Å². The number of hydrogen-bond donors (Lipinski definition) is 1. The van der Waals surface area contributed by atoms with Crippen LogP contribution in [0, 0.1) is 0 Å². The van der Waals surface area contributed by atoms with Crippen molar-refractivity contribution in [1.29, 1.82) is 0 Å². The number of aromatic nitrogens is 1. The van der Waals surface area contributed by atoms with E-state index >= 15 is 0 Å². The molecule has 3 rings (SSSR count). The van der Waals surface area contributed by atoms with Crippen LogP contribution in [0.5, 0.6) is 0 Å². The molecule has 2 aromatic carbocycles. The molecule has 1 N–H and O–H groups in total. The molecule has 172 valence electrons. The van der Waals surface area contributed by atoms with Crippen LogP contribution in [0.1, 0.15) is 19.4 Å². The molecule has 0 atom stereocenters. The maximum absolute atomic E-state index is 12.5. The normalized spacial score (nSPS) is 11.7. The molecule has 0 fully saturated rings. The number of benzene rings is 2. The fourth-order valence-electron chi connectivity index (χ4n) is 3.21. The highest BCUT2D eigenvalue weighted by Gasteiger charge is 2.20. The van der Waals surface area contributed by atoms with Crippen molar-refractivity contribution in [3.63, 3.8) is 0 Å². The number of pyridine rings is 1. The van der Waals surface area contributed by atoms with Crippen molar-refractivity contribution >= 4 is 44.6 Å².